The molecule has 0 saturated heterocycles. The van der Waals surface area contributed by atoms with Crippen LogP contribution in [0.2, 0.25) is 5.02 Å². The molecule has 0 aliphatic heterocycles. The van der Waals surface area contributed by atoms with Gasteiger partial charge in [0.05, 0.1) is 18.5 Å². The summed E-state index contributed by atoms with van der Waals surface area (Å²) < 4.78 is 5.48. The number of ether oxygens (including phenoxy) is 1. The molecule has 1 N–H and O–H groups in total. The summed E-state index contributed by atoms with van der Waals surface area (Å²) in [6.07, 6.45) is 1.74. The van der Waals surface area contributed by atoms with E-state index in [1.165, 1.54) is 0 Å². The zero-order valence-electron chi connectivity index (χ0n) is 14.0. The average molecular weight is 372 g/mol. The lowest BCUT2D eigenvalue weighted by atomic mass is 10.1. The lowest BCUT2D eigenvalue weighted by molar-refractivity contribution is 0.340. The molecule has 0 atom stereocenters. The number of nitrogens with zero attached hydrogens (tertiary/aromatic N) is 2. The summed E-state index contributed by atoms with van der Waals surface area (Å²) in [5.41, 5.74) is 5.98. The highest BCUT2D eigenvalue weighted by atomic mass is 35.5. The van der Waals surface area contributed by atoms with Gasteiger partial charge in [0.25, 0.3) is 0 Å². The molecule has 0 fully saturated rings. The number of hydrogen-bond donors (Lipinski definition) is 1. The molecular formula is C19H18ClN3OS. The van der Waals surface area contributed by atoms with Crippen molar-refractivity contribution in [3.63, 3.8) is 0 Å². The Hall–Kier alpha value is -2.37. The van der Waals surface area contributed by atoms with Crippen LogP contribution in [0, 0.1) is 6.92 Å². The van der Waals surface area contributed by atoms with Crippen molar-refractivity contribution in [3.8, 4) is 17.0 Å². The van der Waals surface area contributed by atoms with Crippen molar-refractivity contribution in [1.82, 2.24) is 4.98 Å². The molecule has 0 spiro atoms. The predicted molar refractivity (Wildman–Crippen MR) is 106 cm³/mol. The van der Waals surface area contributed by atoms with Gasteiger partial charge < -0.3 is 4.74 Å². The molecule has 0 unspecified atom stereocenters. The van der Waals surface area contributed by atoms with Crippen molar-refractivity contribution in [1.29, 1.82) is 0 Å². The Kier molecular flexibility index (Phi) is 5.68. The highest BCUT2D eigenvalue weighted by molar-refractivity contribution is 7.15. The molecule has 3 aromatic rings. The molecule has 4 nitrogen and oxygen atoms in total. The SMILES string of the molecule is CCOc1ccc(-c2nc(N/N=C/c3ccc(Cl)cc3)sc2C)cc1. The molecular weight excluding hydrogens is 354 g/mol. The molecule has 0 radical (unpaired) electrons. The number of benzene rings is 2. The van der Waals surface area contributed by atoms with E-state index >= 15 is 0 Å². The molecule has 0 aliphatic carbocycles. The standard InChI is InChI=1S/C19H18ClN3OS/c1-3-24-17-10-6-15(7-11-17)18-13(2)25-19(22-18)23-21-12-14-4-8-16(20)9-5-14/h4-12H,3H2,1-2H3,(H,22,23)/b21-12+. The Morgan fingerprint density at radius 1 is 1.16 bits per heavy atom. The van der Waals surface area contributed by atoms with Gasteiger partial charge in [0, 0.05) is 15.5 Å². The van der Waals surface area contributed by atoms with Gasteiger partial charge in [-0.1, -0.05) is 23.7 Å². The average Bonchev–Trinajstić information content (AvgIpc) is 2.98. The van der Waals surface area contributed by atoms with Crippen LogP contribution < -0.4 is 10.2 Å². The molecule has 1 heterocycles. The maximum absolute atomic E-state index is 5.87. The van der Waals surface area contributed by atoms with Crippen LogP contribution >= 0.6 is 22.9 Å². The van der Waals surface area contributed by atoms with E-state index in [0.29, 0.717) is 11.6 Å². The summed E-state index contributed by atoms with van der Waals surface area (Å²) in [6.45, 7) is 4.69. The van der Waals surface area contributed by atoms with E-state index < -0.39 is 0 Å². The molecule has 1 aromatic heterocycles. The summed E-state index contributed by atoms with van der Waals surface area (Å²) in [7, 11) is 0. The van der Waals surface area contributed by atoms with Crippen LogP contribution in [-0.4, -0.2) is 17.8 Å². The van der Waals surface area contributed by atoms with Gasteiger partial charge in [-0.15, -0.1) is 11.3 Å². The Morgan fingerprint density at radius 3 is 2.56 bits per heavy atom. The first kappa shape index (κ1) is 17.5. The minimum absolute atomic E-state index is 0.661. The van der Waals surface area contributed by atoms with Gasteiger partial charge in [0.1, 0.15) is 5.75 Å². The number of hydrogen-bond acceptors (Lipinski definition) is 5. The number of anilines is 1. The molecule has 25 heavy (non-hydrogen) atoms. The quantitative estimate of drug-likeness (QED) is 0.452. The third-order valence-electron chi connectivity index (χ3n) is 3.48. The van der Waals surface area contributed by atoms with Crippen molar-refractivity contribution >= 4 is 34.3 Å². The second-order valence-electron chi connectivity index (χ2n) is 5.30. The van der Waals surface area contributed by atoms with Crippen LogP contribution in [0.5, 0.6) is 5.75 Å². The van der Waals surface area contributed by atoms with Crippen LogP contribution in [0.15, 0.2) is 53.6 Å². The van der Waals surface area contributed by atoms with E-state index in [4.69, 9.17) is 16.3 Å². The summed E-state index contributed by atoms with van der Waals surface area (Å²) in [5, 5.41) is 5.70. The first-order valence-electron chi connectivity index (χ1n) is 7.91. The summed E-state index contributed by atoms with van der Waals surface area (Å²) in [5.74, 6) is 0.866. The first-order valence-corrected chi connectivity index (χ1v) is 9.10. The Balaban J connectivity index is 1.70. The van der Waals surface area contributed by atoms with Crippen LogP contribution in [0.3, 0.4) is 0 Å². The van der Waals surface area contributed by atoms with Gasteiger partial charge in [-0.05, 0) is 55.8 Å². The molecule has 0 amide bonds. The van der Waals surface area contributed by atoms with Gasteiger partial charge in [-0.25, -0.2) is 4.98 Å². The minimum Gasteiger partial charge on any atom is -0.494 e. The number of halogens is 1. The molecule has 128 valence electrons. The highest BCUT2D eigenvalue weighted by Gasteiger charge is 2.09. The lowest BCUT2D eigenvalue weighted by Crippen LogP contribution is -1.91. The number of rotatable bonds is 6. The van der Waals surface area contributed by atoms with Gasteiger partial charge in [0.2, 0.25) is 5.13 Å². The van der Waals surface area contributed by atoms with Gasteiger partial charge in [-0.3, -0.25) is 5.43 Å². The van der Waals surface area contributed by atoms with Crippen LogP contribution in [0.1, 0.15) is 17.4 Å². The second-order valence-corrected chi connectivity index (χ2v) is 6.94. The Labute approximate surface area is 156 Å². The predicted octanol–water partition coefficient (Wildman–Crippen LogP) is 5.62. The zero-order chi connectivity index (χ0) is 17.6. The van der Waals surface area contributed by atoms with E-state index in [-0.39, 0.29) is 0 Å². The smallest absolute Gasteiger partial charge is 0.204 e. The van der Waals surface area contributed by atoms with Crippen molar-refractivity contribution in [2.24, 2.45) is 5.10 Å². The van der Waals surface area contributed by atoms with Crippen molar-refractivity contribution < 1.29 is 4.74 Å². The van der Waals surface area contributed by atoms with Crippen molar-refractivity contribution in [2.45, 2.75) is 13.8 Å². The summed E-state index contributed by atoms with van der Waals surface area (Å²) >= 11 is 7.44. The summed E-state index contributed by atoms with van der Waals surface area (Å²) in [4.78, 5) is 5.77. The van der Waals surface area contributed by atoms with Crippen molar-refractivity contribution in [3.05, 3.63) is 64.0 Å². The first-order chi connectivity index (χ1) is 12.2. The monoisotopic (exact) mass is 371 g/mol. The summed E-state index contributed by atoms with van der Waals surface area (Å²) in [6, 6.07) is 15.5. The zero-order valence-corrected chi connectivity index (χ0v) is 15.6. The lowest BCUT2D eigenvalue weighted by Gasteiger charge is -2.03. The largest absolute Gasteiger partial charge is 0.494 e. The van der Waals surface area contributed by atoms with E-state index in [2.05, 4.69) is 22.4 Å². The molecule has 0 saturated carbocycles. The van der Waals surface area contributed by atoms with Crippen LogP contribution in [0.4, 0.5) is 5.13 Å². The number of aryl methyl sites for hydroxylation is 1. The van der Waals surface area contributed by atoms with E-state index in [1.54, 1.807) is 17.6 Å². The number of aromatic nitrogens is 1. The van der Waals surface area contributed by atoms with Crippen LogP contribution in [0.25, 0.3) is 11.3 Å². The topological polar surface area (TPSA) is 46.5 Å². The maximum Gasteiger partial charge on any atom is 0.204 e. The third-order valence-corrected chi connectivity index (χ3v) is 4.61. The fourth-order valence-corrected chi connectivity index (χ4v) is 3.21. The third kappa shape index (κ3) is 4.59. The van der Waals surface area contributed by atoms with Gasteiger partial charge in [-0.2, -0.15) is 5.10 Å². The van der Waals surface area contributed by atoms with Gasteiger partial charge in [0.15, 0.2) is 0 Å². The van der Waals surface area contributed by atoms with Crippen LogP contribution in [-0.2, 0) is 0 Å². The van der Waals surface area contributed by atoms with E-state index in [1.807, 2.05) is 55.5 Å². The minimum atomic E-state index is 0.661. The second kappa shape index (κ2) is 8.14. The van der Waals surface area contributed by atoms with Gasteiger partial charge >= 0.3 is 0 Å². The highest BCUT2D eigenvalue weighted by Crippen LogP contribution is 2.31. The van der Waals surface area contributed by atoms with E-state index in [9.17, 15) is 0 Å². The molecule has 3 rings (SSSR count). The number of thiazole rings is 1. The Bertz CT molecular complexity index is 857. The van der Waals surface area contributed by atoms with Crippen molar-refractivity contribution in [2.75, 3.05) is 12.0 Å². The Morgan fingerprint density at radius 2 is 1.88 bits per heavy atom. The van der Waals surface area contributed by atoms with E-state index in [0.717, 1.165) is 32.6 Å². The molecule has 0 bridgehead atoms. The fraction of sp³-hybridized carbons (Fsp3) is 0.158. The molecule has 6 heteroatoms. The molecule has 0 aliphatic rings. The maximum atomic E-state index is 5.87. The molecule has 2 aromatic carbocycles. The number of hydrazone groups is 1. The fourth-order valence-electron chi connectivity index (χ4n) is 2.30. The number of nitrogens with one attached hydrogen (secondary N) is 1. The normalized spacial score (nSPS) is 11.0.